The Morgan fingerprint density at radius 1 is 1.14 bits per heavy atom. The van der Waals surface area contributed by atoms with E-state index in [-0.39, 0.29) is 0 Å². The minimum absolute atomic E-state index is 0.441. The molecule has 1 aliphatic carbocycles. The van der Waals surface area contributed by atoms with Gasteiger partial charge in [-0.2, -0.15) is 0 Å². The Kier molecular flexibility index (Phi) is 3.30. The Hall–Kier alpha value is -2.70. The molecule has 2 aromatic heterocycles. The molecule has 7 nitrogen and oxygen atoms in total. The van der Waals surface area contributed by atoms with E-state index in [0.717, 1.165) is 30.1 Å². The van der Waals surface area contributed by atoms with Crippen molar-refractivity contribution in [2.24, 2.45) is 0 Å². The van der Waals surface area contributed by atoms with Crippen LogP contribution in [-0.4, -0.2) is 25.2 Å². The van der Waals surface area contributed by atoms with Gasteiger partial charge in [-0.25, -0.2) is 4.68 Å². The minimum Gasteiger partial charge on any atom is -0.408 e. The van der Waals surface area contributed by atoms with E-state index in [4.69, 9.17) is 4.42 Å². The van der Waals surface area contributed by atoms with Gasteiger partial charge in [-0.1, -0.05) is 34.9 Å². The summed E-state index contributed by atoms with van der Waals surface area (Å²) >= 11 is 0. The van der Waals surface area contributed by atoms with Gasteiger partial charge in [0.1, 0.15) is 5.69 Å². The van der Waals surface area contributed by atoms with Crippen molar-refractivity contribution in [2.45, 2.75) is 31.7 Å². The first-order chi connectivity index (χ1) is 10.9. The van der Waals surface area contributed by atoms with E-state index in [2.05, 4.69) is 25.8 Å². The molecule has 112 valence electrons. The number of hydrogen-bond acceptors (Lipinski definition) is 6. The maximum Gasteiger partial charge on any atom is 0.315 e. The van der Waals surface area contributed by atoms with Crippen molar-refractivity contribution in [3.05, 3.63) is 48.1 Å². The number of benzene rings is 1. The molecule has 0 unspecified atom stereocenters. The Bertz CT molecular complexity index is 746. The van der Waals surface area contributed by atoms with Gasteiger partial charge in [-0.3, -0.25) is 0 Å². The van der Waals surface area contributed by atoms with Crippen LogP contribution in [-0.2, 0) is 6.54 Å². The van der Waals surface area contributed by atoms with Crippen LogP contribution < -0.4 is 5.32 Å². The molecule has 1 saturated carbocycles. The van der Waals surface area contributed by atoms with E-state index in [9.17, 15) is 0 Å². The number of hydrogen-bond donors (Lipinski definition) is 1. The van der Waals surface area contributed by atoms with E-state index in [1.807, 2.05) is 36.5 Å². The third-order valence-electron chi connectivity index (χ3n) is 3.88. The van der Waals surface area contributed by atoms with Gasteiger partial charge in [0.05, 0.1) is 18.4 Å². The molecule has 0 atom stereocenters. The van der Waals surface area contributed by atoms with E-state index < -0.39 is 0 Å². The normalized spacial score (nSPS) is 14.7. The molecule has 0 aliphatic heterocycles. The van der Waals surface area contributed by atoms with Crippen LogP contribution in [0.1, 0.15) is 36.8 Å². The zero-order valence-corrected chi connectivity index (χ0v) is 12.0. The number of para-hydroxylation sites is 1. The predicted octanol–water partition coefficient (Wildman–Crippen LogP) is 2.53. The second-order valence-corrected chi connectivity index (χ2v) is 5.42. The Labute approximate surface area is 127 Å². The maximum atomic E-state index is 5.61. The summed E-state index contributed by atoms with van der Waals surface area (Å²) in [4.78, 5) is 0. The summed E-state index contributed by atoms with van der Waals surface area (Å²) in [5.41, 5.74) is 1.79. The third kappa shape index (κ3) is 2.57. The van der Waals surface area contributed by atoms with E-state index in [1.54, 1.807) is 4.68 Å². The first-order valence-electron chi connectivity index (χ1n) is 7.42. The van der Waals surface area contributed by atoms with Gasteiger partial charge >= 0.3 is 6.01 Å². The fourth-order valence-corrected chi connectivity index (χ4v) is 2.38. The molecule has 1 aromatic carbocycles. The van der Waals surface area contributed by atoms with Crippen LogP contribution in [0.15, 0.2) is 40.9 Å². The molecule has 4 rings (SSSR count). The molecule has 1 aliphatic rings. The number of rotatable bonds is 5. The lowest BCUT2D eigenvalue weighted by atomic mass is 9.85. The summed E-state index contributed by atoms with van der Waals surface area (Å²) in [7, 11) is 0. The zero-order chi connectivity index (χ0) is 14.8. The number of anilines is 1. The molecule has 0 spiro atoms. The van der Waals surface area contributed by atoms with Crippen LogP contribution in [0, 0.1) is 0 Å². The summed E-state index contributed by atoms with van der Waals surface area (Å²) in [5, 5.41) is 19.4. The Morgan fingerprint density at radius 2 is 2.00 bits per heavy atom. The van der Waals surface area contributed by atoms with Crippen molar-refractivity contribution in [1.82, 2.24) is 25.2 Å². The van der Waals surface area contributed by atoms with Gasteiger partial charge in [0.25, 0.3) is 0 Å². The lowest BCUT2D eigenvalue weighted by Crippen LogP contribution is -2.08. The SMILES string of the molecule is c1ccc(-n2cc(CNc3nnc(C4CCC4)o3)nn2)cc1. The zero-order valence-electron chi connectivity index (χ0n) is 12.0. The van der Waals surface area contributed by atoms with Crippen LogP contribution in [0.2, 0.25) is 0 Å². The fraction of sp³-hybridized carbons (Fsp3) is 0.333. The predicted molar refractivity (Wildman–Crippen MR) is 79.6 cm³/mol. The molecule has 0 radical (unpaired) electrons. The maximum absolute atomic E-state index is 5.61. The van der Waals surface area contributed by atoms with Crippen molar-refractivity contribution >= 4 is 6.01 Å². The second kappa shape index (κ2) is 5.59. The highest BCUT2D eigenvalue weighted by molar-refractivity contribution is 5.30. The fourth-order valence-electron chi connectivity index (χ4n) is 2.38. The molecule has 22 heavy (non-hydrogen) atoms. The molecule has 0 saturated heterocycles. The molecular formula is C15H16N6O. The third-order valence-corrected chi connectivity index (χ3v) is 3.88. The largest absolute Gasteiger partial charge is 0.408 e. The van der Waals surface area contributed by atoms with Crippen LogP contribution in [0.5, 0.6) is 0 Å². The number of aromatic nitrogens is 5. The van der Waals surface area contributed by atoms with Crippen molar-refractivity contribution < 1.29 is 4.42 Å². The summed E-state index contributed by atoms with van der Waals surface area (Å²) in [6.07, 6.45) is 5.42. The number of nitrogens with zero attached hydrogens (tertiary/aromatic N) is 5. The van der Waals surface area contributed by atoms with Crippen LogP contribution in [0.4, 0.5) is 6.01 Å². The topological polar surface area (TPSA) is 81.7 Å². The van der Waals surface area contributed by atoms with Crippen molar-refractivity contribution in [3.8, 4) is 5.69 Å². The second-order valence-electron chi connectivity index (χ2n) is 5.42. The van der Waals surface area contributed by atoms with Crippen LogP contribution in [0.25, 0.3) is 5.69 Å². The van der Waals surface area contributed by atoms with Crippen molar-refractivity contribution in [1.29, 1.82) is 0 Å². The highest BCUT2D eigenvalue weighted by atomic mass is 16.4. The summed E-state index contributed by atoms with van der Waals surface area (Å²) in [6.45, 7) is 0.499. The molecule has 0 amide bonds. The van der Waals surface area contributed by atoms with Gasteiger partial charge in [0.15, 0.2) is 0 Å². The summed E-state index contributed by atoms with van der Waals surface area (Å²) < 4.78 is 7.35. The first-order valence-corrected chi connectivity index (χ1v) is 7.42. The lowest BCUT2D eigenvalue weighted by molar-refractivity contribution is 0.338. The molecule has 1 fully saturated rings. The molecule has 0 bridgehead atoms. The standard InChI is InChI=1S/C15H16N6O/c1-2-7-13(8-3-1)21-10-12(17-20-21)9-16-15-19-18-14(22-15)11-5-4-6-11/h1-3,7-8,10-11H,4-6,9H2,(H,16,19). The molecule has 2 heterocycles. The van der Waals surface area contributed by atoms with Gasteiger partial charge in [-0.05, 0) is 25.0 Å². The van der Waals surface area contributed by atoms with E-state index in [0.29, 0.717) is 18.5 Å². The smallest absolute Gasteiger partial charge is 0.315 e. The monoisotopic (exact) mass is 296 g/mol. The van der Waals surface area contributed by atoms with E-state index in [1.165, 1.54) is 6.42 Å². The summed E-state index contributed by atoms with van der Waals surface area (Å²) in [6, 6.07) is 10.3. The van der Waals surface area contributed by atoms with Gasteiger partial charge < -0.3 is 9.73 Å². The molecule has 3 aromatic rings. The molecular weight excluding hydrogens is 280 g/mol. The van der Waals surface area contributed by atoms with Gasteiger partial charge in [-0.15, -0.1) is 10.2 Å². The Balaban J connectivity index is 1.39. The lowest BCUT2D eigenvalue weighted by Gasteiger charge is -2.20. The van der Waals surface area contributed by atoms with Crippen LogP contribution >= 0.6 is 0 Å². The highest BCUT2D eigenvalue weighted by Gasteiger charge is 2.25. The quantitative estimate of drug-likeness (QED) is 0.779. The van der Waals surface area contributed by atoms with Crippen molar-refractivity contribution in [3.63, 3.8) is 0 Å². The van der Waals surface area contributed by atoms with Gasteiger partial charge in [0, 0.05) is 5.92 Å². The Morgan fingerprint density at radius 3 is 2.77 bits per heavy atom. The summed E-state index contributed by atoms with van der Waals surface area (Å²) in [5.74, 6) is 1.18. The number of nitrogens with one attached hydrogen (secondary N) is 1. The minimum atomic E-state index is 0.441. The average Bonchev–Trinajstić information content (AvgIpc) is 3.14. The van der Waals surface area contributed by atoms with Crippen molar-refractivity contribution in [2.75, 3.05) is 5.32 Å². The average molecular weight is 296 g/mol. The highest BCUT2D eigenvalue weighted by Crippen LogP contribution is 2.35. The molecule has 1 N–H and O–H groups in total. The molecule has 7 heteroatoms. The van der Waals surface area contributed by atoms with Crippen LogP contribution in [0.3, 0.4) is 0 Å². The van der Waals surface area contributed by atoms with Gasteiger partial charge in [0.2, 0.25) is 5.89 Å². The first kappa shape index (κ1) is 13.0. The van der Waals surface area contributed by atoms with E-state index >= 15 is 0 Å².